The zero-order valence-corrected chi connectivity index (χ0v) is 27.3. The maximum atomic E-state index is 14.6. The van der Waals surface area contributed by atoms with E-state index in [9.17, 15) is 14.4 Å². The van der Waals surface area contributed by atoms with E-state index in [2.05, 4.69) is 31.4 Å². The molecular formula is C33H57N3O4. The first-order chi connectivity index (χ1) is 18.5. The van der Waals surface area contributed by atoms with Gasteiger partial charge in [-0.2, -0.15) is 0 Å². The van der Waals surface area contributed by atoms with E-state index in [1.807, 2.05) is 59.7 Å². The number of carbonyl (C=O) groups excluding carboxylic acids is 3. The zero-order valence-electron chi connectivity index (χ0n) is 27.3. The van der Waals surface area contributed by atoms with Crippen LogP contribution in [0.25, 0.3) is 0 Å². The number of nitrogens with zero attached hydrogens (tertiary/aromatic N) is 1. The fraction of sp³-hybridized carbons (Fsp3) is 0.727. The fourth-order valence-corrected chi connectivity index (χ4v) is 4.93. The Labute approximate surface area is 244 Å². The van der Waals surface area contributed by atoms with Crippen molar-refractivity contribution in [3.8, 4) is 0 Å². The predicted octanol–water partition coefficient (Wildman–Crippen LogP) is 7.24. The van der Waals surface area contributed by atoms with Crippen LogP contribution in [0.1, 0.15) is 124 Å². The summed E-state index contributed by atoms with van der Waals surface area (Å²) in [6, 6.07) is 4.12. The second-order valence-corrected chi connectivity index (χ2v) is 13.4. The molecule has 0 saturated carbocycles. The first kappa shape index (κ1) is 35.5. The highest BCUT2D eigenvalue weighted by Crippen LogP contribution is 2.31. The summed E-state index contributed by atoms with van der Waals surface area (Å²) in [5.41, 5.74) is 2.08. The van der Waals surface area contributed by atoms with E-state index in [0.29, 0.717) is 12.3 Å². The van der Waals surface area contributed by atoms with Crippen LogP contribution < -0.4 is 10.6 Å². The van der Waals surface area contributed by atoms with Crippen molar-refractivity contribution in [1.82, 2.24) is 15.5 Å². The van der Waals surface area contributed by atoms with Crippen molar-refractivity contribution < 1.29 is 19.1 Å². The summed E-state index contributed by atoms with van der Waals surface area (Å²) >= 11 is 0. The molecule has 0 aliphatic carbocycles. The second-order valence-electron chi connectivity index (χ2n) is 13.4. The van der Waals surface area contributed by atoms with Gasteiger partial charge in [-0.05, 0) is 97.1 Å². The summed E-state index contributed by atoms with van der Waals surface area (Å²) in [7, 11) is 0. The first-order valence-electron chi connectivity index (χ1n) is 15.2. The average molecular weight is 560 g/mol. The number of benzene rings is 1. The Morgan fingerprint density at radius 3 is 2.05 bits per heavy atom. The van der Waals surface area contributed by atoms with Gasteiger partial charge in [0.05, 0.1) is 0 Å². The van der Waals surface area contributed by atoms with E-state index in [4.69, 9.17) is 4.74 Å². The molecule has 0 spiro atoms. The molecule has 4 atom stereocenters. The molecule has 0 radical (unpaired) electrons. The molecule has 0 aliphatic rings. The van der Waals surface area contributed by atoms with Crippen molar-refractivity contribution in [1.29, 1.82) is 0 Å². The highest BCUT2D eigenvalue weighted by molar-refractivity contribution is 5.92. The maximum Gasteiger partial charge on any atom is 0.408 e. The second kappa shape index (κ2) is 16.0. The Kier molecular flexibility index (Phi) is 14.2. The molecule has 0 heterocycles. The van der Waals surface area contributed by atoms with Gasteiger partial charge >= 0.3 is 6.09 Å². The smallest absolute Gasteiger partial charge is 0.408 e. The van der Waals surface area contributed by atoms with Crippen LogP contribution in [-0.4, -0.2) is 46.5 Å². The minimum absolute atomic E-state index is 0.0283. The third kappa shape index (κ3) is 11.9. The fourth-order valence-electron chi connectivity index (χ4n) is 4.93. The molecule has 4 unspecified atom stereocenters. The average Bonchev–Trinajstić information content (AvgIpc) is 2.80. The van der Waals surface area contributed by atoms with Crippen LogP contribution in [-0.2, 0) is 14.3 Å². The molecule has 1 rings (SSSR count). The zero-order chi connectivity index (χ0) is 30.8. The van der Waals surface area contributed by atoms with Crippen LogP contribution in [0.2, 0.25) is 0 Å². The normalized spacial score (nSPS) is 14.8. The molecule has 3 amide bonds. The van der Waals surface area contributed by atoms with Gasteiger partial charge in [0, 0.05) is 12.1 Å². The highest BCUT2D eigenvalue weighted by atomic mass is 16.6. The first-order valence-corrected chi connectivity index (χ1v) is 15.2. The lowest BCUT2D eigenvalue weighted by atomic mass is 9.92. The SMILES string of the molecule is CCCC(C)NC(=O)C(c1cc(C)ccc1C)N(C(=O)C(CC(C)C)NC(=O)OC(C)(C)C)C(C)CCC(C)C. The number of carbonyl (C=O) groups is 3. The minimum atomic E-state index is -0.830. The van der Waals surface area contributed by atoms with Crippen molar-refractivity contribution in [2.45, 2.75) is 145 Å². The van der Waals surface area contributed by atoms with Crippen molar-refractivity contribution in [3.05, 3.63) is 34.9 Å². The number of ether oxygens (including phenoxy) is 1. The molecule has 7 nitrogen and oxygen atoms in total. The Morgan fingerprint density at radius 2 is 1.52 bits per heavy atom. The summed E-state index contributed by atoms with van der Waals surface area (Å²) in [5, 5.41) is 6.04. The molecule has 40 heavy (non-hydrogen) atoms. The van der Waals surface area contributed by atoms with Crippen LogP contribution in [0.5, 0.6) is 0 Å². The quantitative estimate of drug-likeness (QED) is 0.251. The number of hydrogen-bond acceptors (Lipinski definition) is 4. The van der Waals surface area contributed by atoms with Gasteiger partial charge in [0.1, 0.15) is 17.7 Å². The standard InChI is InChI=1S/C33H57N3O4/c1-13-14-25(8)34-30(37)29(27-20-23(6)16-17-24(27)7)36(26(9)18-15-21(2)3)31(38)28(19-22(4)5)35-32(39)40-33(10,11)12/h16-17,20-22,25-26,28-29H,13-15,18-19H2,1-12H3,(H,34,37)(H,35,39). The van der Waals surface area contributed by atoms with Gasteiger partial charge in [-0.1, -0.05) is 64.8 Å². The molecule has 0 saturated heterocycles. The number of rotatable bonds is 14. The number of aryl methyl sites for hydroxylation is 2. The van der Waals surface area contributed by atoms with Crippen molar-refractivity contribution in [2.24, 2.45) is 11.8 Å². The van der Waals surface area contributed by atoms with E-state index in [0.717, 1.165) is 42.4 Å². The number of nitrogens with one attached hydrogen (secondary N) is 2. The highest BCUT2D eigenvalue weighted by Gasteiger charge is 2.40. The van der Waals surface area contributed by atoms with Crippen LogP contribution in [0.15, 0.2) is 18.2 Å². The predicted molar refractivity (Wildman–Crippen MR) is 164 cm³/mol. The number of hydrogen-bond donors (Lipinski definition) is 2. The molecular weight excluding hydrogens is 502 g/mol. The molecule has 0 aromatic heterocycles. The summed E-state index contributed by atoms with van der Waals surface area (Å²) in [6.07, 6.45) is 3.23. The lowest BCUT2D eigenvalue weighted by Gasteiger charge is -2.40. The maximum absolute atomic E-state index is 14.6. The van der Waals surface area contributed by atoms with Gasteiger partial charge in [-0.25, -0.2) is 4.79 Å². The van der Waals surface area contributed by atoms with Gasteiger partial charge in [0.15, 0.2) is 0 Å². The van der Waals surface area contributed by atoms with E-state index < -0.39 is 23.8 Å². The van der Waals surface area contributed by atoms with Gasteiger partial charge < -0.3 is 20.3 Å². The van der Waals surface area contributed by atoms with Crippen LogP contribution in [0.4, 0.5) is 4.79 Å². The molecule has 0 bridgehead atoms. The van der Waals surface area contributed by atoms with Gasteiger partial charge in [-0.15, -0.1) is 0 Å². The molecule has 1 aromatic rings. The lowest BCUT2D eigenvalue weighted by molar-refractivity contribution is -0.145. The number of alkyl carbamates (subject to hydrolysis) is 1. The van der Waals surface area contributed by atoms with Gasteiger partial charge in [-0.3, -0.25) is 9.59 Å². The monoisotopic (exact) mass is 559 g/mol. The molecule has 7 heteroatoms. The minimum Gasteiger partial charge on any atom is -0.444 e. The third-order valence-corrected chi connectivity index (χ3v) is 6.95. The van der Waals surface area contributed by atoms with E-state index in [1.54, 1.807) is 25.7 Å². The largest absolute Gasteiger partial charge is 0.444 e. The summed E-state index contributed by atoms with van der Waals surface area (Å²) in [5.74, 6) is 0.123. The van der Waals surface area contributed by atoms with Crippen LogP contribution in [0, 0.1) is 25.7 Å². The Bertz CT molecular complexity index is 967. The lowest BCUT2D eigenvalue weighted by Crippen LogP contribution is -2.56. The van der Waals surface area contributed by atoms with Crippen molar-refractivity contribution in [3.63, 3.8) is 0 Å². The summed E-state index contributed by atoms with van der Waals surface area (Å²) in [6.45, 7) is 23.8. The van der Waals surface area contributed by atoms with E-state index >= 15 is 0 Å². The van der Waals surface area contributed by atoms with Crippen LogP contribution >= 0.6 is 0 Å². The van der Waals surface area contributed by atoms with Crippen LogP contribution in [0.3, 0.4) is 0 Å². The summed E-state index contributed by atoms with van der Waals surface area (Å²) < 4.78 is 5.53. The Morgan fingerprint density at radius 1 is 0.900 bits per heavy atom. The van der Waals surface area contributed by atoms with E-state index in [-0.39, 0.29) is 29.8 Å². The Balaban J connectivity index is 3.73. The van der Waals surface area contributed by atoms with Crippen molar-refractivity contribution in [2.75, 3.05) is 0 Å². The summed E-state index contributed by atoms with van der Waals surface area (Å²) in [4.78, 5) is 43.3. The van der Waals surface area contributed by atoms with E-state index in [1.165, 1.54) is 0 Å². The van der Waals surface area contributed by atoms with Crippen molar-refractivity contribution >= 4 is 17.9 Å². The molecule has 0 fully saturated rings. The Hall–Kier alpha value is -2.57. The third-order valence-electron chi connectivity index (χ3n) is 6.95. The van der Waals surface area contributed by atoms with Gasteiger partial charge in [0.2, 0.25) is 11.8 Å². The molecule has 2 N–H and O–H groups in total. The topological polar surface area (TPSA) is 87.7 Å². The molecule has 228 valence electrons. The molecule has 0 aliphatic heterocycles. The molecule has 1 aromatic carbocycles. The number of amides is 3. The van der Waals surface area contributed by atoms with Gasteiger partial charge in [0.25, 0.3) is 0 Å².